The van der Waals surface area contributed by atoms with Crippen molar-refractivity contribution in [1.82, 2.24) is 9.80 Å². The van der Waals surface area contributed by atoms with Gasteiger partial charge in [0.1, 0.15) is 0 Å². The first-order valence-electron chi connectivity index (χ1n) is 7.74. The fourth-order valence-corrected chi connectivity index (χ4v) is 3.86. The van der Waals surface area contributed by atoms with Gasteiger partial charge in [-0.3, -0.25) is 9.59 Å². The smallest absolute Gasteiger partial charge is 0.228 e. The van der Waals surface area contributed by atoms with E-state index >= 15 is 0 Å². The highest BCUT2D eigenvalue weighted by molar-refractivity contribution is 5.85. The highest BCUT2D eigenvalue weighted by Crippen LogP contribution is 2.41. The van der Waals surface area contributed by atoms with Crippen molar-refractivity contribution in [2.24, 2.45) is 11.3 Å². The first-order valence-corrected chi connectivity index (χ1v) is 7.74. The topological polar surface area (TPSA) is 49.9 Å². The minimum Gasteiger partial charge on any atom is -0.381 e. The van der Waals surface area contributed by atoms with Gasteiger partial charge in [-0.15, -0.1) is 0 Å². The molecule has 0 bridgehead atoms. The summed E-state index contributed by atoms with van der Waals surface area (Å²) >= 11 is 0. The summed E-state index contributed by atoms with van der Waals surface area (Å²) in [5.74, 6) is 0.570. The summed E-state index contributed by atoms with van der Waals surface area (Å²) in [5, 5.41) is 0. The quantitative estimate of drug-likeness (QED) is 0.716. The Labute approximate surface area is 120 Å². The van der Waals surface area contributed by atoms with Crippen LogP contribution in [0.15, 0.2) is 0 Å². The number of ether oxygens (including phenoxy) is 1. The number of carbonyl (C=O) groups excluding carboxylic acids is 2. The Morgan fingerprint density at radius 2 is 2.05 bits per heavy atom. The van der Waals surface area contributed by atoms with Gasteiger partial charge in [0.2, 0.25) is 11.8 Å². The van der Waals surface area contributed by atoms with Crippen LogP contribution < -0.4 is 0 Å². The average molecular weight is 280 g/mol. The fraction of sp³-hybridized carbons (Fsp3) is 0.867. The molecule has 0 aromatic carbocycles. The third kappa shape index (κ3) is 2.32. The summed E-state index contributed by atoms with van der Waals surface area (Å²) in [6, 6.07) is 0. The summed E-state index contributed by atoms with van der Waals surface area (Å²) in [6.07, 6.45) is 4.51. The molecule has 1 spiro atoms. The Balaban J connectivity index is 1.65. The number of hydrogen-bond acceptors (Lipinski definition) is 3. The summed E-state index contributed by atoms with van der Waals surface area (Å²) in [4.78, 5) is 28.6. The Hall–Kier alpha value is -1.10. The van der Waals surface area contributed by atoms with Crippen LogP contribution in [-0.4, -0.2) is 61.5 Å². The second kappa shape index (κ2) is 5.35. The number of amides is 2. The van der Waals surface area contributed by atoms with Gasteiger partial charge in [0, 0.05) is 33.3 Å². The maximum absolute atomic E-state index is 12.5. The number of likely N-dealkylation sites (tertiary alicyclic amines) is 2. The lowest BCUT2D eigenvalue weighted by Gasteiger charge is -2.26. The van der Waals surface area contributed by atoms with Crippen LogP contribution in [0.2, 0.25) is 0 Å². The molecule has 112 valence electrons. The second-order valence-electron chi connectivity index (χ2n) is 6.50. The molecule has 0 unspecified atom stereocenters. The molecule has 3 aliphatic heterocycles. The fourth-order valence-electron chi connectivity index (χ4n) is 3.86. The van der Waals surface area contributed by atoms with E-state index in [9.17, 15) is 9.59 Å². The molecule has 3 aliphatic rings. The van der Waals surface area contributed by atoms with Crippen molar-refractivity contribution in [2.45, 2.75) is 32.1 Å². The number of hydrogen-bond donors (Lipinski definition) is 0. The third-order valence-corrected chi connectivity index (χ3v) is 5.26. The molecule has 2 atom stereocenters. The van der Waals surface area contributed by atoms with Crippen molar-refractivity contribution in [3.05, 3.63) is 0 Å². The minimum atomic E-state index is -0.185. The zero-order valence-electron chi connectivity index (χ0n) is 12.3. The Bertz CT molecular complexity index is 406. The van der Waals surface area contributed by atoms with Crippen molar-refractivity contribution in [3.63, 3.8) is 0 Å². The van der Waals surface area contributed by atoms with Crippen molar-refractivity contribution in [2.75, 3.05) is 39.9 Å². The zero-order valence-corrected chi connectivity index (χ0v) is 12.3. The first-order chi connectivity index (χ1) is 9.62. The van der Waals surface area contributed by atoms with Crippen LogP contribution in [0.1, 0.15) is 32.1 Å². The summed E-state index contributed by atoms with van der Waals surface area (Å²) < 4.78 is 5.32. The lowest BCUT2D eigenvalue weighted by molar-refractivity contribution is -0.137. The highest BCUT2D eigenvalue weighted by atomic mass is 16.5. The van der Waals surface area contributed by atoms with Crippen LogP contribution >= 0.6 is 0 Å². The van der Waals surface area contributed by atoms with E-state index in [4.69, 9.17) is 4.74 Å². The van der Waals surface area contributed by atoms with Gasteiger partial charge >= 0.3 is 0 Å². The Morgan fingerprint density at radius 1 is 1.25 bits per heavy atom. The predicted molar refractivity (Wildman–Crippen MR) is 74.0 cm³/mol. The van der Waals surface area contributed by atoms with E-state index in [-0.39, 0.29) is 23.1 Å². The molecule has 3 heterocycles. The molecule has 0 radical (unpaired) electrons. The van der Waals surface area contributed by atoms with Gasteiger partial charge in [-0.05, 0) is 32.1 Å². The molecule has 20 heavy (non-hydrogen) atoms. The SMILES string of the molecule is CN1CC[C@]2(CCCN(C(=O)[C@H]3CCOC3)CC2)C1=O. The van der Waals surface area contributed by atoms with Gasteiger partial charge in [-0.1, -0.05) is 0 Å². The first kappa shape index (κ1) is 13.9. The van der Waals surface area contributed by atoms with Crippen LogP contribution in [0.5, 0.6) is 0 Å². The number of nitrogens with zero attached hydrogens (tertiary/aromatic N) is 2. The van der Waals surface area contributed by atoms with Crippen LogP contribution in [0.3, 0.4) is 0 Å². The molecular formula is C15H24N2O3. The number of carbonyl (C=O) groups is 2. The molecule has 3 saturated heterocycles. The summed E-state index contributed by atoms with van der Waals surface area (Å²) in [6.45, 7) is 3.67. The average Bonchev–Trinajstić information content (AvgIpc) is 3.00. The van der Waals surface area contributed by atoms with E-state index < -0.39 is 0 Å². The van der Waals surface area contributed by atoms with E-state index in [1.165, 1.54) is 0 Å². The molecule has 0 aromatic heterocycles. The van der Waals surface area contributed by atoms with Crippen LogP contribution in [0.4, 0.5) is 0 Å². The minimum absolute atomic E-state index is 0.0472. The molecule has 0 N–H and O–H groups in total. The molecular weight excluding hydrogens is 256 g/mol. The molecule has 0 saturated carbocycles. The standard InChI is InChI=1S/C15H24N2O3/c1-16-8-5-15(14(16)19)4-2-7-17(9-6-15)13(18)12-3-10-20-11-12/h12H,2-11H2,1H3/t12-,15-/m0/s1. The van der Waals surface area contributed by atoms with Crippen LogP contribution in [0.25, 0.3) is 0 Å². The van der Waals surface area contributed by atoms with Crippen molar-refractivity contribution in [1.29, 1.82) is 0 Å². The third-order valence-electron chi connectivity index (χ3n) is 5.26. The van der Waals surface area contributed by atoms with E-state index in [0.29, 0.717) is 13.2 Å². The monoisotopic (exact) mass is 280 g/mol. The van der Waals surface area contributed by atoms with Gasteiger partial charge in [-0.2, -0.15) is 0 Å². The normalized spacial score (nSPS) is 34.9. The lowest BCUT2D eigenvalue weighted by Crippen LogP contribution is -2.38. The Morgan fingerprint density at radius 3 is 2.70 bits per heavy atom. The summed E-state index contributed by atoms with van der Waals surface area (Å²) in [5.41, 5.74) is -0.185. The second-order valence-corrected chi connectivity index (χ2v) is 6.50. The largest absolute Gasteiger partial charge is 0.381 e. The van der Waals surface area contributed by atoms with Gasteiger partial charge in [-0.25, -0.2) is 0 Å². The van der Waals surface area contributed by atoms with Gasteiger partial charge in [0.15, 0.2) is 0 Å². The molecule has 2 amide bonds. The van der Waals surface area contributed by atoms with Crippen molar-refractivity contribution >= 4 is 11.8 Å². The van der Waals surface area contributed by atoms with E-state index in [2.05, 4.69) is 0 Å². The maximum atomic E-state index is 12.5. The molecule has 0 aliphatic carbocycles. The van der Waals surface area contributed by atoms with E-state index in [0.717, 1.165) is 51.7 Å². The van der Waals surface area contributed by atoms with Crippen LogP contribution in [-0.2, 0) is 14.3 Å². The lowest BCUT2D eigenvalue weighted by atomic mass is 9.79. The zero-order chi connectivity index (χ0) is 14.2. The molecule has 5 heteroatoms. The van der Waals surface area contributed by atoms with Gasteiger partial charge in [0.05, 0.1) is 17.9 Å². The number of rotatable bonds is 1. The van der Waals surface area contributed by atoms with Gasteiger partial charge in [0.25, 0.3) is 0 Å². The highest BCUT2D eigenvalue weighted by Gasteiger charge is 2.46. The molecule has 0 aromatic rings. The Kier molecular flexibility index (Phi) is 3.71. The van der Waals surface area contributed by atoms with Gasteiger partial charge < -0.3 is 14.5 Å². The van der Waals surface area contributed by atoms with E-state index in [1.807, 2.05) is 16.8 Å². The molecule has 3 fully saturated rings. The van der Waals surface area contributed by atoms with Crippen molar-refractivity contribution < 1.29 is 14.3 Å². The van der Waals surface area contributed by atoms with Crippen molar-refractivity contribution in [3.8, 4) is 0 Å². The van der Waals surface area contributed by atoms with Crippen LogP contribution in [0, 0.1) is 11.3 Å². The molecule has 3 rings (SSSR count). The summed E-state index contributed by atoms with van der Waals surface area (Å²) in [7, 11) is 1.89. The maximum Gasteiger partial charge on any atom is 0.228 e. The molecule has 5 nitrogen and oxygen atoms in total. The predicted octanol–water partition coefficient (Wildman–Crippen LogP) is 0.884. The van der Waals surface area contributed by atoms with E-state index in [1.54, 1.807) is 0 Å².